The number of imidazole rings is 2. The molecule has 0 radical (unpaired) electrons. The third-order valence-corrected chi connectivity index (χ3v) is 9.20. The first-order valence-electron chi connectivity index (χ1n) is 11.4. The van der Waals surface area contributed by atoms with Crippen LogP contribution in [0.1, 0.15) is 42.2 Å². The van der Waals surface area contributed by atoms with E-state index in [2.05, 4.69) is 39.8 Å². The van der Waals surface area contributed by atoms with Crippen LogP contribution in [0.3, 0.4) is 0 Å². The maximum Gasteiger partial charge on any atom is 0.343 e. The number of para-hydroxylation sites is 2. The fourth-order valence-corrected chi connectivity index (χ4v) is 7.08. The number of hydrogen-bond donors (Lipinski definition) is 1. The Bertz CT molecular complexity index is 1280. The van der Waals surface area contributed by atoms with Crippen LogP contribution in [0.25, 0.3) is 11.0 Å². The summed E-state index contributed by atoms with van der Waals surface area (Å²) in [5.41, 5.74) is 4.31. The molecule has 0 spiro atoms. The first-order chi connectivity index (χ1) is 17.0. The number of benzene rings is 1. The molecular formula is C24H30Cl2N6O2S3. The lowest BCUT2D eigenvalue weighted by molar-refractivity contribution is -0.392. The van der Waals surface area contributed by atoms with Gasteiger partial charge < -0.3 is 15.1 Å². The Kier molecular flexibility index (Phi) is 12.6. The molecule has 37 heavy (non-hydrogen) atoms. The van der Waals surface area contributed by atoms with Crippen LogP contribution in [-0.2, 0) is 5.75 Å². The van der Waals surface area contributed by atoms with Crippen molar-refractivity contribution in [1.29, 1.82) is 0 Å². The highest BCUT2D eigenvalue weighted by atomic mass is 35.5. The van der Waals surface area contributed by atoms with E-state index in [0.29, 0.717) is 5.82 Å². The molecule has 13 heteroatoms. The first kappa shape index (κ1) is 31.3. The Hall–Kier alpha value is -1.92. The van der Waals surface area contributed by atoms with Crippen LogP contribution in [0.2, 0.25) is 0 Å². The van der Waals surface area contributed by atoms with Crippen molar-refractivity contribution in [3.8, 4) is 0 Å². The molecule has 0 aliphatic carbocycles. The van der Waals surface area contributed by atoms with Crippen molar-refractivity contribution >= 4 is 77.0 Å². The van der Waals surface area contributed by atoms with Gasteiger partial charge in [-0.25, -0.2) is 9.97 Å². The zero-order valence-corrected chi connectivity index (χ0v) is 24.8. The fraction of sp³-hybridized carbons (Fsp3) is 0.375. The smallest absolute Gasteiger partial charge is 0.343 e. The number of nitrogens with zero attached hydrogens (tertiary/aromatic N) is 5. The third-order valence-electron chi connectivity index (χ3n) is 5.62. The minimum atomic E-state index is -0.352. The van der Waals surface area contributed by atoms with E-state index in [1.807, 2.05) is 49.1 Å². The van der Waals surface area contributed by atoms with Gasteiger partial charge in [0.05, 0.1) is 16.7 Å². The zero-order chi connectivity index (χ0) is 24.8. The van der Waals surface area contributed by atoms with Crippen LogP contribution in [0.15, 0.2) is 52.8 Å². The Morgan fingerprint density at radius 1 is 1.11 bits per heavy atom. The molecule has 0 saturated heterocycles. The number of rotatable bonds is 12. The van der Waals surface area contributed by atoms with E-state index >= 15 is 0 Å². The lowest BCUT2D eigenvalue weighted by atomic mass is 10.2. The molecule has 3 heterocycles. The quantitative estimate of drug-likeness (QED) is 0.0765. The number of nitrogens with one attached hydrogen (secondary N) is 1. The number of aryl methyl sites for hydroxylation is 1. The van der Waals surface area contributed by atoms with Crippen LogP contribution in [-0.4, -0.2) is 40.9 Å². The van der Waals surface area contributed by atoms with E-state index in [1.54, 1.807) is 28.1 Å². The summed E-state index contributed by atoms with van der Waals surface area (Å²) in [6, 6.07) is 10.1. The van der Waals surface area contributed by atoms with E-state index in [1.165, 1.54) is 16.7 Å². The van der Waals surface area contributed by atoms with Crippen molar-refractivity contribution in [3.05, 3.63) is 69.9 Å². The molecule has 1 atom stereocenters. The summed E-state index contributed by atoms with van der Waals surface area (Å²) in [6.45, 7) is 6.01. The van der Waals surface area contributed by atoms with Gasteiger partial charge in [0.15, 0.2) is 11.0 Å². The van der Waals surface area contributed by atoms with Gasteiger partial charge in [0.1, 0.15) is 11.6 Å². The molecule has 0 saturated carbocycles. The highest BCUT2D eigenvalue weighted by Gasteiger charge is 2.25. The van der Waals surface area contributed by atoms with Gasteiger partial charge in [-0.3, -0.25) is 4.98 Å². The highest BCUT2D eigenvalue weighted by Crippen LogP contribution is 2.33. The standard InChI is InChI=1S/C24H28N6O2S3.2ClH/c1-4-23(29-17(3)26-14-22(29)30(31)32)34-13-7-12-33-21-10-11-25-20(16(21)2)15-35-24-27-18-8-5-6-9-19(18)28-24;;/h5-6,8-11,14,23H,4,7,12-13,15H2,1-3H3,(H,27,28);2*1H. The second kappa shape index (κ2) is 14.9. The van der Waals surface area contributed by atoms with E-state index in [4.69, 9.17) is 0 Å². The average Bonchev–Trinajstić information content (AvgIpc) is 3.45. The van der Waals surface area contributed by atoms with E-state index in [0.717, 1.165) is 52.0 Å². The van der Waals surface area contributed by atoms with Crippen LogP contribution >= 0.6 is 60.1 Å². The van der Waals surface area contributed by atoms with Crippen molar-refractivity contribution in [3.63, 3.8) is 0 Å². The van der Waals surface area contributed by atoms with Gasteiger partial charge in [0.2, 0.25) is 0 Å². The number of fused-ring (bicyclic) bond motifs is 1. The van der Waals surface area contributed by atoms with Crippen LogP contribution < -0.4 is 0 Å². The molecule has 0 aliphatic heterocycles. The van der Waals surface area contributed by atoms with Gasteiger partial charge in [-0.05, 0) is 60.0 Å². The molecule has 0 amide bonds. The number of thioether (sulfide) groups is 3. The molecular weight excluding hydrogens is 571 g/mol. The zero-order valence-electron chi connectivity index (χ0n) is 20.7. The van der Waals surface area contributed by atoms with Gasteiger partial charge in [0, 0.05) is 23.8 Å². The Morgan fingerprint density at radius 2 is 1.89 bits per heavy atom. The van der Waals surface area contributed by atoms with Gasteiger partial charge >= 0.3 is 5.82 Å². The summed E-state index contributed by atoms with van der Waals surface area (Å²) in [6.07, 6.45) is 5.06. The third kappa shape index (κ3) is 7.79. The largest absolute Gasteiger partial charge is 0.358 e. The summed E-state index contributed by atoms with van der Waals surface area (Å²) in [5.74, 6) is 3.42. The SMILES string of the molecule is CCC(SCCCSc1ccnc(CSc2nc3ccccc3[nH]2)c1C)n1c([N+](=O)[O-])cnc1C.Cl.Cl. The van der Waals surface area contributed by atoms with Gasteiger partial charge in [0.25, 0.3) is 0 Å². The summed E-state index contributed by atoms with van der Waals surface area (Å²) in [7, 11) is 0. The maximum atomic E-state index is 11.3. The van der Waals surface area contributed by atoms with Crippen molar-refractivity contribution < 1.29 is 4.92 Å². The second-order valence-electron chi connectivity index (χ2n) is 7.95. The number of hydrogen-bond acceptors (Lipinski definition) is 8. The maximum absolute atomic E-state index is 11.3. The molecule has 0 bridgehead atoms. The molecule has 1 aromatic carbocycles. The summed E-state index contributed by atoms with van der Waals surface area (Å²) >= 11 is 5.26. The van der Waals surface area contributed by atoms with Crippen LogP contribution in [0.5, 0.6) is 0 Å². The van der Waals surface area contributed by atoms with Gasteiger partial charge in [-0.1, -0.05) is 30.8 Å². The molecule has 4 aromatic rings. The molecule has 3 aromatic heterocycles. The molecule has 4 rings (SSSR count). The minimum Gasteiger partial charge on any atom is -0.358 e. The Balaban J connectivity index is 0.00000241. The highest BCUT2D eigenvalue weighted by molar-refractivity contribution is 8.00. The fourth-order valence-electron chi connectivity index (χ4n) is 3.76. The summed E-state index contributed by atoms with van der Waals surface area (Å²) in [5, 5.41) is 12.3. The molecule has 0 aliphatic rings. The predicted octanol–water partition coefficient (Wildman–Crippen LogP) is 7.64. The van der Waals surface area contributed by atoms with Crippen molar-refractivity contribution in [2.75, 3.05) is 11.5 Å². The van der Waals surface area contributed by atoms with Crippen molar-refractivity contribution in [2.45, 2.75) is 54.8 Å². The number of halogens is 2. The van der Waals surface area contributed by atoms with Crippen molar-refractivity contribution in [2.24, 2.45) is 0 Å². The average molecular weight is 602 g/mol. The molecule has 1 N–H and O–H groups in total. The molecule has 200 valence electrons. The Labute approximate surface area is 241 Å². The lowest BCUT2D eigenvalue weighted by Crippen LogP contribution is -2.10. The Morgan fingerprint density at radius 3 is 2.62 bits per heavy atom. The van der Waals surface area contributed by atoms with Gasteiger partial charge in [-0.15, -0.1) is 48.3 Å². The van der Waals surface area contributed by atoms with E-state index in [-0.39, 0.29) is 40.9 Å². The summed E-state index contributed by atoms with van der Waals surface area (Å²) in [4.78, 5) is 29.0. The van der Waals surface area contributed by atoms with Crippen LogP contribution in [0, 0.1) is 24.0 Å². The van der Waals surface area contributed by atoms with Crippen molar-refractivity contribution in [1.82, 2.24) is 24.5 Å². The summed E-state index contributed by atoms with van der Waals surface area (Å²) < 4.78 is 1.75. The monoisotopic (exact) mass is 600 g/mol. The molecule has 0 fully saturated rings. The lowest BCUT2D eigenvalue weighted by Gasteiger charge is -2.14. The van der Waals surface area contributed by atoms with E-state index in [9.17, 15) is 10.1 Å². The number of nitro groups is 1. The predicted molar refractivity (Wildman–Crippen MR) is 160 cm³/mol. The number of aromatic amines is 1. The van der Waals surface area contributed by atoms with Crippen LogP contribution in [0.4, 0.5) is 5.82 Å². The second-order valence-corrected chi connectivity index (χ2v) is 11.3. The van der Waals surface area contributed by atoms with E-state index < -0.39 is 0 Å². The number of H-pyrrole nitrogens is 1. The number of pyridine rings is 1. The van der Waals surface area contributed by atoms with Gasteiger partial charge in [-0.2, -0.15) is 4.57 Å². The topological polar surface area (TPSA) is 103 Å². The first-order valence-corrected chi connectivity index (χ1v) is 14.4. The number of aromatic nitrogens is 5. The molecule has 8 nitrogen and oxygen atoms in total. The molecule has 1 unspecified atom stereocenters. The minimum absolute atomic E-state index is 0. The normalized spacial score (nSPS) is 11.6.